The predicted molar refractivity (Wildman–Crippen MR) is 50.2 cm³/mol. The van der Waals surface area contributed by atoms with E-state index in [0.29, 0.717) is 10.6 Å². The summed E-state index contributed by atoms with van der Waals surface area (Å²) in [5.74, 6) is 0. The Balaban J connectivity index is 3.36. The SMILES string of the molecule is Cc1c(Cl)ccc(S(=O)O)c1Cl. The van der Waals surface area contributed by atoms with E-state index in [1.54, 1.807) is 13.0 Å². The second-order valence-corrected chi connectivity index (χ2v) is 3.96. The van der Waals surface area contributed by atoms with Gasteiger partial charge in [-0.1, -0.05) is 23.2 Å². The standard InChI is InChI=1S/C7H6Cl2O2S/c1-4-5(8)2-3-6(7(4)9)12(10)11/h2-3H,1H3,(H,10,11). The molecule has 0 fully saturated rings. The molecule has 1 aromatic carbocycles. The Morgan fingerprint density at radius 3 is 2.50 bits per heavy atom. The van der Waals surface area contributed by atoms with E-state index < -0.39 is 11.1 Å². The summed E-state index contributed by atoms with van der Waals surface area (Å²) in [7, 11) is 0. The molecule has 1 N–H and O–H groups in total. The first-order chi connectivity index (χ1) is 5.54. The van der Waals surface area contributed by atoms with Crippen molar-refractivity contribution in [3.05, 3.63) is 27.7 Å². The molecule has 0 spiro atoms. The molecule has 1 aromatic rings. The van der Waals surface area contributed by atoms with E-state index in [-0.39, 0.29) is 9.92 Å². The largest absolute Gasteiger partial charge is 0.302 e. The molecule has 2 nitrogen and oxygen atoms in total. The molecular weight excluding hydrogens is 219 g/mol. The number of rotatable bonds is 1. The summed E-state index contributed by atoms with van der Waals surface area (Å²) in [4.78, 5) is 0.193. The fraction of sp³-hybridized carbons (Fsp3) is 0.143. The normalized spacial score (nSPS) is 13.0. The van der Waals surface area contributed by atoms with Crippen molar-refractivity contribution in [1.82, 2.24) is 0 Å². The Hall–Kier alpha value is -0.0900. The van der Waals surface area contributed by atoms with Crippen molar-refractivity contribution in [2.75, 3.05) is 0 Å². The van der Waals surface area contributed by atoms with Crippen LogP contribution in [0.1, 0.15) is 5.56 Å². The van der Waals surface area contributed by atoms with Crippen molar-refractivity contribution >= 4 is 34.3 Å². The Morgan fingerprint density at radius 2 is 2.00 bits per heavy atom. The van der Waals surface area contributed by atoms with Gasteiger partial charge in [0, 0.05) is 5.02 Å². The minimum Gasteiger partial charge on any atom is -0.302 e. The number of benzene rings is 1. The first-order valence-electron chi connectivity index (χ1n) is 3.09. The molecular formula is C7H6Cl2O2S. The molecule has 12 heavy (non-hydrogen) atoms. The van der Waals surface area contributed by atoms with Gasteiger partial charge in [0.2, 0.25) is 0 Å². The van der Waals surface area contributed by atoms with Gasteiger partial charge in [-0.05, 0) is 24.6 Å². The molecule has 0 aromatic heterocycles. The molecule has 0 aliphatic carbocycles. The third-order valence-electron chi connectivity index (χ3n) is 1.47. The first kappa shape index (κ1) is 9.99. The molecule has 5 heteroatoms. The fourth-order valence-electron chi connectivity index (χ4n) is 0.772. The van der Waals surface area contributed by atoms with E-state index in [1.165, 1.54) is 6.07 Å². The number of hydrogen-bond acceptors (Lipinski definition) is 1. The maximum atomic E-state index is 10.7. The van der Waals surface area contributed by atoms with Crippen LogP contribution in [0.25, 0.3) is 0 Å². The minimum atomic E-state index is -2.05. The van der Waals surface area contributed by atoms with E-state index >= 15 is 0 Å². The summed E-state index contributed by atoms with van der Waals surface area (Å²) < 4.78 is 19.4. The van der Waals surface area contributed by atoms with Gasteiger partial charge in [-0.15, -0.1) is 0 Å². The Bertz CT molecular complexity index is 338. The van der Waals surface area contributed by atoms with Gasteiger partial charge in [0.05, 0.1) is 9.92 Å². The molecule has 1 unspecified atom stereocenters. The van der Waals surface area contributed by atoms with E-state index in [0.717, 1.165) is 0 Å². The lowest BCUT2D eigenvalue weighted by Crippen LogP contribution is -1.91. The van der Waals surface area contributed by atoms with Crippen LogP contribution in [0.15, 0.2) is 17.0 Å². The van der Waals surface area contributed by atoms with Gasteiger partial charge in [-0.3, -0.25) is 0 Å². The van der Waals surface area contributed by atoms with Crippen LogP contribution in [0.4, 0.5) is 0 Å². The van der Waals surface area contributed by atoms with Crippen molar-refractivity contribution in [2.45, 2.75) is 11.8 Å². The van der Waals surface area contributed by atoms with Crippen LogP contribution in [-0.2, 0) is 11.1 Å². The molecule has 0 bridgehead atoms. The first-order valence-corrected chi connectivity index (χ1v) is 4.95. The van der Waals surface area contributed by atoms with Crippen LogP contribution in [0.2, 0.25) is 10.0 Å². The van der Waals surface area contributed by atoms with Gasteiger partial charge < -0.3 is 4.55 Å². The van der Waals surface area contributed by atoms with Crippen molar-refractivity contribution in [3.63, 3.8) is 0 Å². The van der Waals surface area contributed by atoms with Crippen LogP contribution in [-0.4, -0.2) is 8.76 Å². The summed E-state index contributed by atoms with van der Waals surface area (Å²) in [5.41, 5.74) is 0.623. The number of hydrogen-bond donors (Lipinski definition) is 1. The number of halogens is 2. The third-order valence-corrected chi connectivity index (χ3v) is 3.20. The lowest BCUT2D eigenvalue weighted by Gasteiger charge is -2.03. The Kier molecular flexibility index (Phi) is 3.12. The lowest BCUT2D eigenvalue weighted by molar-refractivity contribution is 0.564. The zero-order valence-electron chi connectivity index (χ0n) is 6.17. The van der Waals surface area contributed by atoms with Crippen LogP contribution >= 0.6 is 23.2 Å². The van der Waals surface area contributed by atoms with Crippen LogP contribution in [0, 0.1) is 6.92 Å². The summed E-state index contributed by atoms with van der Waals surface area (Å²) in [6, 6.07) is 2.99. The highest BCUT2D eigenvalue weighted by Crippen LogP contribution is 2.28. The van der Waals surface area contributed by atoms with E-state index in [9.17, 15) is 4.21 Å². The highest BCUT2D eigenvalue weighted by molar-refractivity contribution is 7.79. The quantitative estimate of drug-likeness (QED) is 0.746. The molecule has 0 saturated carbocycles. The molecule has 1 atom stereocenters. The second kappa shape index (κ2) is 3.75. The van der Waals surface area contributed by atoms with Crippen LogP contribution in [0.3, 0.4) is 0 Å². The van der Waals surface area contributed by atoms with Crippen LogP contribution < -0.4 is 0 Å². The smallest absolute Gasteiger partial charge is 0.188 e. The maximum absolute atomic E-state index is 10.7. The van der Waals surface area contributed by atoms with E-state index in [1.807, 2.05) is 0 Å². The highest BCUT2D eigenvalue weighted by atomic mass is 35.5. The molecule has 0 saturated heterocycles. The highest BCUT2D eigenvalue weighted by Gasteiger charge is 2.10. The molecule has 1 rings (SSSR count). The van der Waals surface area contributed by atoms with Crippen molar-refractivity contribution in [1.29, 1.82) is 0 Å². The maximum Gasteiger partial charge on any atom is 0.188 e. The van der Waals surface area contributed by atoms with Crippen molar-refractivity contribution in [3.8, 4) is 0 Å². The monoisotopic (exact) mass is 224 g/mol. The van der Waals surface area contributed by atoms with Gasteiger partial charge in [0.1, 0.15) is 0 Å². The summed E-state index contributed by atoms with van der Waals surface area (Å²) >= 11 is 9.43. The average molecular weight is 225 g/mol. The second-order valence-electron chi connectivity index (χ2n) is 2.23. The van der Waals surface area contributed by atoms with Gasteiger partial charge in [-0.25, -0.2) is 4.21 Å². The van der Waals surface area contributed by atoms with Crippen LogP contribution in [0.5, 0.6) is 0 Å². The van der Waals surface area contributed by atoms with Gasteiger partial charge >= 0.3 is 0 Å². The average Bonchev–Trinajstić information content (AvgIpc) is 2.00. The topological polar surface area (TPSA) is 37.3 Å². The molecule has 0 aliphatic heterocycles. The van der Waals surface area contributed by atoms with Gasteiger partial charge in [0.25, 0.3) is 0 Å². The molecule has 0 heterocycles. The van der Waals surface area contributed by atoms with Gasteiger partial charge in [0.15, 0.2) is 11.1 Å². The fourth-order valence-corrected chi connectivity index (χ4v) is 1.83. The lowest BCUT2D eigenvalue weighted by atomic mass is 10.2. The van der Waals surface area contributed by atoms with Crippen molar-refractivity contribution in [2.24, 2.45) is 0 Å². The Labute approximate surface area is 82.8 Å². The van der Waals surface area contributed by atoms with E-state index in [2.05, 4.69) is 0 Å². The summed E-state index contributed by atoms with van der Waals surface area (Å²) in [5, 5.41) is 0.748. The molecule has 0 aliphatic rings. The third kappa shape index (κ3) is 1.80. The summed E-state index contributed by atoms with van der Waals surface area (Å²) in [6.45, 7) is 1.70. The minimum absolute atomic E-state index is 0.193. The predicted octanol–water partition coefficient (Wildman–Crippen LogP) is 2.88. The summed E-state index contributed by atoms with van der Waals surface area (Å²) in [6.07, 6.45) is 0. The zero-order chi connectivity index (χ0) is 9.30. The van der Waals surface area contributed by atoms with E-state index in [4.69, 9.17) is 27.8 Å². The van der Waals surface area contributed by atoms with Gasteiger partial charge in [-0.2, -0.15) is 0 Å². The molecule has 66 valence electrons. The molecule has 0 radical (unpaired) electrons. The zero-order valence-corrected chi connectivity index (χ0v) is 8.50. The van der Waals surface area contributed by atoms with Crippen molar-refractivity contribution < 1.29 is 8.76 Å². The molecule has 0 amide bonds. The Morgan fingerprint density at radius 1 is 1.42 bits per heavy atom.